The molecule has 4 heteroatoms. The van der Waals surface area contributed by atoms with E-state index in [9.17, 15) is 4.39 Å². The summed E-state index contributed by atoms with van der Waals surface area (Å²) in [6.45, 7) is 5.53. The van der Waals surface area contributed by atoms with Crippen LogP contribution in [0.3, 0.4) is 0 Å². The summed E-state index contributed by atoms with van der Waals surface area (Å²) in [7, 11) is 0. The Morgan fingerprint density at radius 2 is 2.05 bits per heavy atom. The van der Waals surface area contributed by atoms with Crippen LogP contribution < -0.4 is 10.1 Å². The standard InChI is InChI=1S/C17H21FN2O/c1-3-8-21-16-10-14(11-19-12-16)17(20-4-2)13-6-5-7-15(18)9-13/h5-7,9-12,17,20H,3-4,8H2,1-2H3. The number of benzene rings is 1. The van der Waals surface area contributed by atoms with Crippen LogP contribution in [0.2, 0.25) is 0 Å². The van der Waals surface area contributed by atoms with Crippen LogP contribution in [0.4, 0.5) is 4.39 Å². The van der Waals surface area contributed by atoms with E-state index in [4.69, 9.17) is 4.74 Å². The minimum Gasteiger partial charge on any atom is -0.492 e. The monoisotopic (exact) mass is 288 g/mol. The van der Waals surface area contributed by atoms with Gasteiger partial charge in [-0.15, -0.1) is 0 Å². The molecule has 1 atom stereocenters. The summed E-state index contributed by atoms with van der Waals surface area (Å²) in [4.78, 5) is 4.23. The summed E-state index contributed by atoms with van der Waals surface area (Å²) in [6.07, 6.45) is 4.44. The summed E-state index contributed by atoms with van der Waals surface area (Å²) in [6, 6.07) is 8.50. The average molecular weight is 288 g/mol. The van der Waals surface area contributed by atoms with Crippen LogP contribution in [0.25, 0.3) is 0 Å². The molecule has 1 aromatic heterocycles. The van der Waals surface area contributed by atoms with Crippen molar-refractivity contribution in [2.45, 2.75) is 26.3 Å². The molecule has 0 spiro atoms. The van der Waals surface area contributed by atoms with Crippen molar-refractivity contribution in [3.05, 3.63) is 59.7 Å². The number of halogens is 1. The quantitative estimate of drug-likeness (QED) is 0.843. The van der Waals surface area contributed by atoms with Crippen LogP contribution in [0.5, 0.6) is 5.75 Å². The molecule has 0 saturated heterocycles. The number of rotatable bonds is 7. The highest BCUT2D eigenvalue weighted by molar-refractivity contribution is 5.34. The van der Waals surface area contributed by atoms with E-state index in [1.807, 2.05) is 19.1 Å². The minimum atomic E-state index is -0.234. The summed E-state index contributed by atoms with van der Waals surface area (Å²) in [5, 5.41) is 3.36. The van der Waals surface area contributed by atoms with Crippen molar-refractivity contribution in [3.63, 3.8) is 0 Å². The van der Waals surface area contributed by atoms with E-state index in [1.54, 1.807) is 24.5 Å². The molecule has 1 unspecified atom stereocenters. The SMILES string of the molecule is CCCOc1cncc(C(NCC)c2cccc(F)c2)c1. The van der Waals surface area contributed by atoms with Gasteiger partial charge in [0.15, 0.2) is 0 Å². The molecule has 1 aromatic carbocycles. The molecule has 2 aromatic rings. The maximum atomic E-state index is 13.5. The van der Waals surface area contributed by atoms with Gasteiger partial charge in [0.05, 0.1) is 18.8 Å². The van der Waals surface area contributed by atoms with E-state index in [0.717, 1.165) is 29.8 Å². The van der Waals surface area contributed by atoms with Gasteiger partial charge in [-0.05, 0) is 42.3 Å². The Balaban J connectivity index is 2.29. The number of pyridine rings is 1. The van der Waals surface area contributed by atoms with Crippen LogP contribution >= 0.6 is 0 Å². The van der Waals surface area contributed by atoms with Crippen molar-refractivity contribution >= 4 is 0 Å². The predicted molar refractivity (Wildman–Crippen MR) is 81.9 cm³/mol. The molecule has 0 aliphatic heterocycles. The predicted octanol–water partition coefficient (Wildman–Crippen LogP) is 3.71. The number of nitrogens with zero attached hydrogens (tertiary/aromatic N) is 1. The normalized spacial score (nSPS) is 12.1. The van der Waals surface area contributed by atoms with E-state index in [-0.39, 0.29) is 11.9 Å². The van der Waals surface area contributed by atoms with Gasteiger partial charge in [0.1, 0.15) is 11.6 Å². The van der Waals surface area contributed by atoms with Gasteiger partial charge < -0.3 is 10.1 Å². The lowest BCUT2D eigenvalue weighted by Crippen LogP contribution is -2.22. The molecule has 2 rings (SSSR count). The van der Waals surface area contributed by atoms with Crippen molar-refractivity contribution in [2.24, 2.45) is 0 Å². The molecule has 1 N–H and O–H groups in total. The third-order valence-corrected chi connectivity index (χ3v) is 3.13. The fourth-order valence-corrected chi connectivity index (χ4v) is 2.21. The van der Waals surface area contributed by atoms with Gasteiger partial charge in [0.25, 0.3) is 0 Å². The van der Waals surface area contributed by atoms with Crippen LogP contribution in [0.15, 0.2) is 42.7 Å². The molecular formula is C17H21FN2O. The van der Waals surface area contributed by atoms with Crippen LogP contribution in [0, 0.1) is 5.82 Å². The number of aromatic nitrogens is 1. The maximum Gasteiger partial charge on any atom is 0.137 e. The van der Waals surface area contributed by atoms with Gasteiger partial charge in [-0.1, -0.05) is 26.0 Å². The van der Waals surface area contributed by atoms with Gasteiger partial charge >= 0.3 is 0 Å². The Hall–Kier alpha value is -1.94. The highest BCUT2D eigenvalue weighted by Gasteiger charge is 2.14. The van der Waals surface area contributed by atoms with Crippen molar-refractivity contribution in [2.75, 3.05) is 13.2 Å². The molecule has 3 nitrogen and oxygen atoms in total. The molecule has 21 heavy (non-hydrogen) atoms. The van der Waals surface area contributed by atoms with Gasteiger partial charge in [0, 0.05) is 6.20 Å². The third kappa shape index (κ3) is 4.26. The van der Waals surface area contributed by atoms with Crippen molar-refractivity contribution in [1.29, 1.82) is 0 Å². The van der Waals surface area contributed by atoms with E-state index >= 15 is 0 Å². The molecule has 0 aliphatic carbocycles. The first-order chi connectivity index (χ1) is 10.2. The Morgan fingerprint density at radius 1 is 1.19 bits per heavy atom. The first-order valence-electron chi connectivity index (χ1n) is 7.31. The zero-order chi connectivity index (χ0) is 15.1. The van der Waals surface area contributed by atoms with Crippen LogP contribution in [0.1, 0.15) is 37.4 Å². The first-order valence-corrected chi connectivity index (χ1v) is 7.31. The van der Waals surface area contributed by atoms with Crippen LogP contribution in [-0.4, -0.2) is 18.1 Å². The molecule has 0 bridgehead atoms. The second-order valence-corrected chi connectivity index (χ2v) is 4.85. The zero-order valence-corrected chi connectivity index (χ0v) is 12.5. The molecular weight excluding hydrogens is 267 g/mol. The van der Waals surface area contributed by atoms with E-state index < -0.39 is 0 Å². The van der Waals surface area contributed by atoms with Crippen molar-refractivity contribution in [3.8, 4) is 5.75 Å². The fourth-order valence-electron chi connectivity index (χ4n) is 2.21. The number of ether oxygens (including phenoxy) is 1. The summed E-state index contributed by atoms with van der Waals surface area (Å²) in [5.41, 5.74) is 1.85. The molecule has 0 amide bonds. The largest absolute Gasteiger partial charge is 0.492 e. The third-order valence-electron chi connectivity index (χ3n) is 3.13. The Morgan fingerprint density at radius 3 is 2.76 bits per heavy atom. The van der Waals surface area contributed by atoms with Crippen molar-refractivity contribution in [1.82, 2.24) is 10.3 Å². The lowest BCUT2D eigenvalue weighted by atomic mass is 10.00. The van der Waals surface area contributed by atoms with Gasteiger partial charge in [-0.2, -0.15) is 0 Å². The highest BCUT2D eigenvalue weighted by atomic mass is 19.1. The fraction of sp³-hybridized carbons (Fsp3) is 0.353. The molecule has 0 radical (unpaired) electrons. The summed E-state index contributed by atoms with van der Waals surface area (Å²) < 4.78 is 19.1. The van der Waals surface area contributed by atoms with Crippen molar-refractivity contribution < 1.29 is 9.13 Å². The molecule has 0 saturated carbocycles. The molecule has 0 fully saturated rings. The lowest BCUT2D eigenvalue weighted by molar-refractivity contribution is 0.315. The maximum absolute atomic E-state index is 13.5. The molecule has 1 heterocycles. The van der Waals surface area contributed by atoms with E-state index in [1.165, 1.54) is 6.07 Å². The molecule has 0 aliphatic rings. The van der Waals surface area contributed by atoms with Gasteiger partial charge in [0.2, 0.25) is 0 Å². The zero-order valence-electron chi connectivity index (χ0n) is 12.5. The Bertz CT molecular complexity index is 574. The molecule has 112 valence electrons. The topological polar surface area (TPSA) is 34.1 Å². The number of hydrogen-bond donors (Lipinski definition) is 1. The number of nitrogens with one attached hydrogen (secondary N) is 1. The van der Waals surface area contributed by atoms with E-state index in [0.29, 0.717) is 6.61 Å². The summed E-state index contributed by atoms with van der Waals surface area (Å²) >= 11 is 0. The van der Waals surface area contributed by atoms with E-state index in [2.05, 4.69) is 17.2 Å². The van der Waals surface area contributed by atoms with Crippen LogP contribution in [-0.2, 0) is 0 Å². The highest BCUT2D eigenvalue weighted by Crippen LogP contribution is 2.24. The second kappa shape index (κ2) is 7.74. The smallest absolute Gasteiger partial charge is 0.137 e. The lowest BCUT2D eigenvalue weighted by Gasteiger charge is -2.19. The second-order valence-electron chi connectivity index (χ2n) is 4.85. The first kappa shape index (κ1) is 15.4. The van der Waals surface area contributed by atoms with Gasteiger partial charge in [-0.25, -0.2) is 4.39 Å². The summed E-state index contributed by atoms with van der Waals surface area (Å²) in [5.74, 6) is 0.510. The average Bonchev–Trinajstić information content (AvgIpc) is 2.51. The van der Waals surface area contributed by atoms with Gasteiger partial charge in [-0.3, -0.25) is 4.98 Å². The minimum absolute atomic E-state index is 0.0941. The Labute approximate surface area is 125 Å². The Kier molecular flexibility index (Phi) is 5.69. The number of hydrogen-bond acceptors (Lipinski definition) is 3.